The van der Waals surface area contributed by atoms with Crippen LogP contribution < -0.4 is 10.1 Å². The summed E-state index contributed by atoms with van der Waals surface area (Å²) in [6.45, 7) is 0. The summed E-state index contributed by atoms with van der Waals surface area (Å²) in [6, 6.07) is 7.87. The van der Waals surface area contributed by atoms with Gasteiger partial charge < -0.3 is 15.2 Å². The van der Waals surface area contributed by atoms with Crippen molar-refractivity contribution in [2.45, 2.75) is 0 Å². The van der Waals surface area contributed by atoms with Gasteiger partial charge in [-0.2, -0.15) is 0 Å². The first kappa shape index (κ1) is 15.2. The summed E-state index contributed by atoms with van der Waals surface area (Å²) >= 11 is 2.01. The zero-order valence-electron chi connectivity index (χ0n) is 11.0. The minimum atomic E-state index is -1.10. The van der Waals surface area contributed by atoms with Crippen molar-refractivity contribution in [3.63, 3.8) is 0 Å². The molecule has 1 amide bonds. The zero-order chi connectivity index (χ0) is 15.4. The van der Waals surface area contributed by atoms with Crippen LogP contribution in [0, 0.1) is 3.57 Å². The number of carbonyl (C=O) groups excluding carboxylic acids is 1. The summed E-state index contributed by atoms with van der Waals surface area (Å²) in [5, 5.41) is 11.7. The molecule has 21 heavy (non-hydrogen) atoms. The van der Waals surface area contributed by atoms with E-state index in [0.29, 0.717) is 11.4 Å². The molecule has 108 valence electrons. The van der Waals surface area contributed by atoms with Crippen LogP contribution in [0.5, 0.6) is 5.88 Å². The highest BCUT2D eigenvalue weighted by Crippen LogP contribution is 2.20. The number of methoxy groups -OCH3 is 1. The molecule has 0 fully saturated rings. The van der Waals surface area contributed by atoms with Crippen molar-refractivity contribution >= 4 is 40.2 Å². The lowest BCUT2D eigenvalue weighted by molar-refractivity contribution is 0.0698. The molecular formula is C14H11IN2O4. The Hall–Kier alpha value is -2.16. The van der Waals surface area contributed by atoms with Crippen LogP contribution in [0.25, 0.3) is 0 Å². The van der Waals surface area contributed by atoms with Crippen molar-refractivity contribution in [3.8, 4) is 5.88 Å². The average Bonchev–Trinajstić information content (AvgIpc) is 2.49. The quantitative estimate of drug-likeness (QED) is 0.774. The summed E-state index contributed by atoms with van der Waals surface area (Å²) in [7, 11) is 1.48. The fourth-order valence-electron chi connectivity index (χ4n) is 1.63. The molecule has 2 rings (SSSR count). The van der Waals surface area contributed by atoms with Gasteiger partial charge in [-0.05, 0) is 46.9 Å². The Balaban J connectivity index is 2.24. The number of aromatic carboxylic acids is 1. The van der Waals surface area contributed by atoms with Crippen LogP contribution in [-0.2, 0) is 0 Å². The third-order valence-electron chi connectivity index (χ3n) is 2.67. The second kappa shape index (κ2) is 6.53. The molecule has 0 atom stereocenters. The lowest BCUT2D eigenvalue weighted by atomic mass is 10.1. The summed E-state index contributed by atoms with van der Waals surface area (Å²) < 4.78 is 5.68. The number of halogens is 1. The smallest absolute Gasteiger partial charge is 0.337 e. The van der Waals surface area contributed by atoms with Crippen LogP contribution in [0.3, 0.4) is 0 Å². The predicted molar refractivity (Wildman–Crippen MR) is 84.9 cm³/mol. The van der Waals surface area contributed by atoms with E-state index in [0.717, 1.165) is 3.57 Å². The maximum Gasteiger partial charge on any atom is 0.337 e. The number of ether oxygens (including phenoxy) is 1. The summed E-state index contributed by atoms with van der Waals surface area (Å²) in [4.78, 5) is 27.2. The standard InChI is InChI=1S/C14H11IN2O4/c1-21-12-5-2-8(7-16-12)13(18)17-11-4-3-9(15)6-10(11)14(19)20/h2-7H,1H3,(H,17,18)(H,19,20). The molecule has 0 aliphatic rings. The van der Waals surface area contributed by atoms with Crippen LogP contribution in [0.15, 0.2) is 36.5 Å². The number of carboxylic acids is 1. The molecule has 0 saturated carbocycles. The highest BCUT2D eigenvalue weighted by atomic mass is 127. The molecule has 0 unspecified atom stereocenters. The molecule has 6 nitrogen and oxygen atoms in total. The number of anilines is 1. The topological polar surface area (TPSA) is 88.5 Å². The van der Waals surface area contributed by atoms with Crippen molar-refractivity contribution in [2.75, 3.05) is 12.4 Å². The van der Waals surface area contributed by atoms with Gasteiger partial charge in [0.25, 0.3) is 5.91 Å². The van der Waals surface area contributed by atoms with Crippen molar-refractivity contribution < 1.29 is 19.4 Å². The summed E-state index contributed by atoms with van der Waals surface area (Å²) in [6.07, 6.45) is 1.36. The van der Waals surface area contributed by atoms with Crippen molar-refractivity contribution in [2.24, 2.45) is 0 Å². The van der Waals surface area contributed by atoms with Gasteiger partial charge in [-0.15, -0.1) is 0 Å². The number of pyridine rings is 1. The van der Waals surface area contributed by atoms with E-state index in [1.165, 1.54) is 19.4 Å². The monoisotopic (exact) mass is 398 g/mol. The Bertz CT molecular complexity index is 686. The third kappa shape index (κ3) is 3.69. The number of amides is 1. The van der Waals surface area contributed by atoms with E-state index in [-0.39, 0.29) is 11.3 Å². The molecule has 0 saturated heterocycles. The number of nitrogens with zero attached hydrogens (tertiary/aromatic N) is 1. The Morgan fingerprint density at radius 2 is 2.05 bits per heavy atom. The second-order valence-electron chi connectivity index (χ2n) is 4.04. The van der Waals surface area contributed by atoms with E-state index in [2.05, 4.69) is 10.3 Å². The molecule has 0 aliphatic carbocycles. The van der Waals surface area contributed by atoms with Crippen LogP contribution in [0.1, 0.15) is 20.7 Å². The average molecular weight is 398 g/mol. The Morgan fingerprint density at radius 3 is 2.62 bits per heavy atom. The number of nitrogens with one attached hydrogen (secondary N) is 1. The molecule has 2 aromatic rings. The SMILES string of the molecule is COc1ccc(C(=O)Nc2ccc(I)cc2C(=O)O)cn1. The predicted octanol–water partition coefficient (Wildman–Crippen LogP) is 2.65. The maximum atomic E-state index is 12.1. The van der Waals surface area contributed by atoms with Crippen LogP contribution in [0.2, 0.25) is 0 Å². The number of rotatable bonds is 4. The number of carbonyl (C=O) groups is 2. The number of hydrogen-bond donors (Lipinski definition) is 2. The minimum Gasteiger partial charge on any atom is -0.481 e. The third-order valence-corrected chi connectivity index (χ3v) is 3.34. The normalized spacial score (nSPS) is 10.0. The lowest BCUT2D eigenvalue weighted by Gasteiger charge is -2.09. The summed E-state index contributed by atoms with van der Waals surface area (Å²) in [5.41, 5.74) is 0.589. The van der Waals surface area contributed by atoms with Gasteiger partial charge >= 0.3 is 5.97 Å². The number of carboxylic acid groups (broad SMARTS) is 1. The van der Waals surface area contributed by atoms with E-state index in [4.69, 9.17) is 9.84 Å². The van der Waals surface area contributed by atoms with E-state index >= 15 is 0 Å². The Morgan fingerprint density at radius 1 is 1.29 bits per heavy atom. The zero-order valence-corrected chi connectivity index (χ0v) is 13.1. The van der Waals surface area contributed by atoms with Crippen LogP contribution in [0.4, 0.5) is 5.69 Å². The fraction of sp³-hybridized carbons (Fsp3) is 0.0714. The van der Waals surface area contributed by atoms with E-state index < -0.39 is 11.9 Å². The van der Waals surface area contributed by atoms with E-state index in [1.54, 1.807) is 24.3 Å². The molecule has 1 heterocycles. The molecule has 0 spiro atoms. The molecule has 0 radical (unpaired) electrons. The van der Waals surface area contributed by atoms with Gasteiger partial charge in [-0.25, -0.2) is 9.78 Å². The Labute approximate surface area is 134 Å². The second-order valence-corrected chi connectivity index (χ2v) is 5.28. The van der Waals surface area contributed by atoms with Gasteiger partial charge in [-0.1, -0.05) is 0 Å². The number of aromatic nitrogens is 1. The molecule has 1 aromatic heterocycles. The molecule has 2 N–H and O–H groups in total. The minimum absolute atomic E-state index is 0.0386. The molecule has 0 bridgehead atoms. The van der Waals surface area contributed by atoms with Gasteiger partial charge in [-0.3, -0.25) is 4.79 Å². The fourth-order valence-corrected chi connectivity index (χ4v) is 2.12. The first-order valence-corrected chi connectivity index (χ1v) is 6.93. The largest absolute Gasteiger partial charge is 0.481 e. The van der Waals surface area contributed by atoms with Gasteiger partial charge in [0, 0.05) is 15.8 Å². The van der Waals surface area contributed by atoms with Gasteiger partial charge in [0.15, 0.2) is 0 Å². The number of benzene rings is 1. The highest BCUT2D eigenvalue weighted by Gasteiger charge is 2.14. The first-order chi connectivity index (χ1) is 10.0. The lowest BCUT2D eigenvalue weighted by Crippen LogP contribution is -2.15. The van der Waals surface area contributed by atoms with Crippen LogP contribution >= 0.6 is 22.6 Å². The van der Waals surface area contributed by atoms with Crippen LogP contribution in [-0.4, -0.2) is 29.1 Å². The maximum absolute atomic E-state index is 12.1. The number of hydrogen-bond acceptors (Lipinski definition) is 4. The highest BCUT2D eigenvalue weighted by molar-refractivity contribution is 14.1. The van der Waals surface area contributed by atoms with Crippen molar-refractivity contribution in [1.82, 2.24) is 4.98 Å². The molecule has 7 heteroatoms. The molecular weight excluding hydrogens is 387 g/mol. The van der Waals surface area contributed by atoms with Gasteiger partial charge in [0.05, 0.1) is 23.9 Å². The Kier molecular flexibility index (Phi) is 4.73. The van der Waals surface area contributed by atoms with E-state index in [9.17, 15) is 9.59 Å². The van der Waals surface area contributed by atoms with Crippen molar-refractivity contribution in [3.05, 3.63) is 51.2 Å². The first-order valence-electron chi connectivity index (χ1n) is 5.85. The van der Waals surface area contributed by atoms with Gasteiger partial charge in [0.1, 0.15) is 0 Å². The summed E-state index contributed by atoms with van der Waals surface area (Å²) in [5.74, 6) is -1.14. The molecule has 1 aromatic carbocycles. The van der Waals surface area contributed by atoms with Gasteiger partial charge in [0.2, 0.25) is 5.88 Å². The van der Waals surface area contributed by atoms with Crippen molar-refractivity contribution in [1.29, 1.82) is 0 Å². The molecule has 0 aliphatic heterocycles. The van der Waals surface area contributed by atoms with E-state index in [1.807, 2.05) is 22.6 Å².